The highest BCUT2D eigenvalue weighted by Gasteiger charge is 2.31. The van der Waals surface area contributed by atoms with Crippen molar-refractivity contribution in [2.24, 2.45) is 23.7 Å². The summed E-state index contributed by atoms with van der Waals surface area (Å²) in [6.07, 6.45) is 11.8. The van der Waals surface area contributed by atoms with Crippen LogP contribution in [0.2, 0.25) is 0 Å². The molecular formula is C24H35F3. The van der Waals surface area contributed by atoms with Crippen molar-refractivity contribution < 1.29 is 13.2 Å². The zero-order chi connectivity index (χ0) is 19.3. The second-order valence-electron chi connectivity index (χ2n) is 9.08. The van der Waals surface area contributed by atoms with Crippen molar-refractivity contribution in [1.29, 1.82) is 0 Å². The van der Waals surface area contributed by atoms with Crippen molar-refractivity contribution in [3.05, 3.63) is 35.4 Å². The van der Waals surface area contributed by atoms with E-state index in [1.54, 1.807) is 12.1 Å². The fraction of sp³-hybridized carbons (Fsp3) is 0.750. The van der Waals surface area contributed by atoms with E-state index in [0.29, 0.717) is 0 Å². The van der Waals surface area contributed by atoms with Crippen LogP contribution in [-0.4, -0.2) is 0 Å². The lowest BCUT2D eigenvalue weighted by molar-refractivity contribution is -0.137. The summed E-state index contributed by atoms with van der Waals surface area (Å²) in [5.41, 5.74) is 0.500. The Hall–Kier alpha value is -0.990. The summed E-state index contributed by atoms with van der Waals surface area (Å²) in [4.78, 5) is 0. The number of aryl methyl sites for hydroxylation is 1. The van der Waals surface area contributed by atoms with Gasteiger partial charge in [-0.1, -0.05) is 57.6 Å². The molecule has 0 atom stereocenters. The fourth-order valence-electron chi connectivity index (χ4n) is 5.54. The number of alkyl halides is 3. The second kappa shape index (κ2) is 9.47. The molecule has 27 heavy (non-hydrogen) atoms. The van der Waals surface area contributed by atoms with E-state index in [4.69, 9.17) is 0 Å². The predicted octanol–water partition coefficient (Wildman–Crippen LogP) is 8.05. The highest BCUT2D eigenvalue weighted by molar-refractivity contribution is 5.24. The van der Waals surface area contributed by atoms with E-state index < -0.39 is 11.7 Å². The van der Waals surface area contributed by atoms with Crippen LogP contribution in [0.25, 0.3) is 0 Å². The van der Waals surface area contributed by atoms with Gasteiger partial charge in [-0.25, -0.2) is 0 Å². The van der Waals surface area contributed by atoms with Gasteiger partial charge in [0.05, 0.1) is 5.56 Å². The first-order chi connectivity index (χ1) is 13.0. The van der Waals surface area contributed by atoms with Crippen LogP contribution >= 0.6 is 0 Å². The zero-order valence-corrected chi connectivity index (χ0v) is 16.7. The normalized spacial score (nSPS) is 29.6. The molecule has 0 saturated heterocycles. The Labute approximate surface area is 162 Å². The maximum atomic E-state index is 12.6. The summed E-state index contributed by atoms with van der Waals surface area (Å²) in [6, 6.07) is 5.76. The number of hydrogen-bond donors (Lipinski definition) is 0. The minimum atomic E-state index is -4.23. The molecule has 0 amide bonds. The van der Waals surface area contributed by atoms with Gasteiger partial charge in [0, 0.05) is 0 Å². The predicted molar refractivity (Wildman–Crippen MR) is 106 cm³/mol. The first kappa shape index (κ1) is 20.7. The maximum Gasteiger partial charge on any atom is 0.416 e. The van der Waals surface area contributed by atoms with Crippen LogP contribution in [0.5, 0.6) is 0 Å². The summed E-state index contributed by atoms with van der Waals surface area (Å²) in [5.74, 6) is 3.66. The molecule has 0 aromatic heterocycles. The number of halogens is 3. The average molecular weight is 381 g/mol. The lowest BCUT2D eigenvalue weighted by Crippen LogP contribution is -2.26. The third-order valence-corrected chi connectivity index (χ3v) is 7.27. The maximum absolute atomic E-state index is 12.6. The monoisotopic (exact) mass is 380 g/mol. The van der Waals surface area contributed by atoms with Gasteiger partial charge in [0.15, 0.2) is 0 Å². The van der Waals surface area contributed by atoms with E-state index in [0.717, 1.165) is 42.1 Å². The Balaban J connectivity index is 1.37. The van der Waals surface area contributed by atoms with Crippen LogP contribution in [0.3, 0.4) is 0 Å². The van der Waals surface area contributed by atoms with Crippen molar-refractivity contribution in [1.82, 2.24) is 0 Å². The van der Waals surface area contributed by atoms with Crippen LogP contribution in [0.1, 0.15) is 88.7 Å². The summed E-state index contributed by atoms with van der Waals surface area (Å²) < 4.78 is 37.9. The van der Waals surface area contributed by atoms with Crippen molar-refractivity contribution in [2.45, 2.75) is 90.1 Å². The summed E-state index contributed by atoms with van der Waals surface area (Å²) in [7, 11) is 0. The van der Waals surface area contributed by atoms with Crippen molar-refractivity contribution in [3.63, 3.8) is 0 Å². The highest BCUT2D eigenvalue weighted by atomic mass is 19.4. The Morgan fingerprint density at radius 2 is 1.22 bits per heavy atom. The molecular weight excluding hydrogens is 345 g/mol. The topological polar surface area (TPSA) is 0 Å². The third-order valence-electron chi connectivity index (χ3n) is 7.27. The lowest BCUT2D eigenvalue weighted by atomic mass is 9.68. The zero-order valence-electron chi connectivity index (χ0n) is 16.7. The van der Waals surface area contributed by atoms with E-state index >= 15 is 0 Å². The van der Waals surface area contributed by atoms with Gasteiger partial charge in [-0.2, -0.15) is 13.2 Å². The fourth-order valence-corrected chi connectivity index (χ4v) is 5.54. The molecule has 2 saturated carbocycles. The van der Waals surface area contributed by atoms with E-state index in [9.17, 15) is 13.2 Å². The van der Waals surface area contributed by atoms with Gasteiger partial charge in [-0.15, -0.1) is 0 Å². The van der Waals surface area contributed by atoms with Crippen LogP contribution < -0.4 is 0 Å². The van der Waals surface area contributed by atoms with Crippen molar-refractivity contribution in [2.75, 3.05) is 0 Å². The molecule has 3 heteroatoms. The SMILES string of the molecule is CCC[C@H]1CC[C@H](C2CCC(CCc3ccc(C(F)(F)F)cc3)CC2)CC1. The standard InChI is InChI=1S/C24H35F3/c1-2-3-18-6-12-21(13-7-18)22-14-8-19(9-15-22)4-5-20-10-16-23(17-11-20)24(25,26)27/h10-11,16-19,21-22H,2-9,12-15H2,1H3/t18-,19?,21-,22?. The molecule has 2 aliphatic carbocycles. The molecule has 0 heterocycles. The van der Waals surface area contributed by atoms with Gasteiger partial charge in [-0.05, 0) is 79.9 Å². The van der Waals surface area contributed by atoms with Crippen LogP contribution in [0, 0.1) is 23.7 Å². The van der Waals surface area contributed by atoms with Crippen LogP contribution in [-0.2, 0) is 12.6 Å². The first-order valence-corrected chi connectivity index (χ1v) is 11.1. The molecule has 3 rings (SSSR count). The summed E-state index contributed by atoms with van der Waals surface area (Å²) in [6.45, 7) is 2.30. The molecule has 0 radical (unpaired) electrons. The molecule has 152 valence electrons. The van der Waals surface area contributed by atoms with Gasteiger partial charge >= 0.3 is 6.18 Å². The molecule has 0 N–H and O–H groups in total. The Kier molecular flexibility index (Phi) is 7.28. The molecule has 0 aliphatic heterocycles. The average Bonchev–Trinajstić information content (AvgIpc) is 2.67. The van der Waals surface area contributed by atoms with Crippen LogP contribution in [0.15, 0.2) is 24.3 Å². The molecule has 2 aliphatic rings. The molecule has 0 nitrogen and oxygen atoms in total. The minimum absolute atomic E-state index is 0.541. The van der Waals surface area contributed by atoms with Crippen molar-refractivity contribution in [3.8, 4) is 0 Å². The molecule has 2 fully saturated rings. The van der Waals surface area contributed by atoms with E-state index in [1.807, 2.05) is 0 Å². The molecule has 1 aromatic rings. The first-order valence-electron chi connectivity index (χ1n) is 11.1. The second-order valence-corrected chi connectivity index (χ2v) is 9.08. The largest absolute Gasteiger partial charge is 0.416 e. The van der Waals surface area contributed by atoms with E-state index in [2.05, 4.69) is 6.92 Å². The summed E-state index contributed by atoms with van der Waals surface area (Å²) >= 11 is 0. The number of rotatable bonds is 6. The highest BCUT2D eigenvalue weighted by Crippen LogP contribution is 2.43. The Morgan fingerprint density at radius 1 is 0.741 bits per heavy atom. The molecule has 0 spiro atoms. The molecule has 1 aromatic carbocycles. The Bertz CT molecular complexity index is 544. The van der Waals surface area contributed by atoms with Gasteiger partial charge in [0.25, 0.3) is 0 Å². The Morgan fingerprint density at radius 3 is 1.67 bits per heavy atom. The minimum Gasteiger partial charge on any atom is -0.166 e. The van der Waals surface area contributed by atoms with E-state index in [1.165, 1.54) is 76.3 Å². The lowest BCUT2D eigenvalue weighted by Gasteiger charge is -2.38. The van der Waals surface area contributed by atoms with Gasteiger partial charge < -0.3 is 0 Å². The molecule has 0 bridgehead atoms. The van der Waals surface area contributed by atoms with E-state index in [-0.39, 0.29) is 0 Å². The molecule has 0 unspecified atom stereocenters. The van der Waals surface area contributed by atoms with Gasteiger partial charge in [0.2, 0.25) is 0 Å². The van der Waals surface area contributed by atoms with Gasteiger partial charge in [-0.3, -0.25) is 0 Å². The number of benzene rings is 1. The number of hydrogen-bond acceptors (Lipinski definition) is 0. The quantitative estimate of drug-likeness (QED) is 0.468. The van der Waals surface area contributed by atoms with Crippen LogP contribution in [0.4, 0.5) is 13.2 Å². The van der Waals surface area contributed by atoms with Gasteiger partial charge in [0.1, 0.15) is 0 Å². The smallest absolute Gasteiger partial charge is 0.166 e. The van der Waals surface area contributed by atoms with Crippen molar-refractivity contribution >= 4 is 0 Å². The summed E-state index contributed by atoms with van der Waals surface area (Å²) in [5, 5.41) is 0. The third kappa shape index (κ3) is 5.99.